The number of aromatic nitrogens is 3. The molecule has 1 amide bonds. The summed E-state index contributed by atoms with van der Waals surface area (Å²) in [5, 5.41) is 13.3. The van der Waals surface area contributed by atoms with Crippen LogP contribution in [0, 0.1) is 0 Å². The summed E-state index contributed by atoms with van der Waals surface area (Å²) in [6.07, 6.45) is 0. The minimum absolute atomic E-state index is 0.0598. The molecule has 3 heterocycles. The Morgan fingerprint density at radius 2 is 2.08 bits per heavy atom. The number of amides is 1. The zero-order chi connectivity index (χ0) is 17.8. The second-order valence-electron chi connectivity index (χ2n) is 6.22. The number of para-hydroxylation sites is 1. The van der Waals surface area contributed by atoms with Crippen molar-refractivity contribution in [1.82, 2.24) is 25.2 Å². The lowest BCUT2D eigenvalue weighted by Crippen LogP contribution is -2.44. The van der Waals surface area contributed by atoms with Crippen LogP contribution in [0.1, 0.15) is 10.9 Å². The number of fused-ring (bicyclic) bond motifs is 1. The Labute approximate surface area is 155 Å². The van der Waals surface area contributed by atoms with Crippen molar-refractivity contribution in [3.05, 3.63) is 46.7 Å². The number of benzene rings is 1. The Morgan fingerprint density at radius 3 is 2.88 bits per heavy atom. The molecular weight excluding hydrogens is 350 g/mol. The Hall–Kier alpha value is -2.29. The molecule has 0 spiro atoms. The van der Waals surface area contributed by atoms with E-state index in [1.807, 2.05) is 24.3 Å². The maximum absolute atomic E-state index is 12.5. The molecule has 3 aromatic rings. The van der Waals surface area contributed by atoms with E-state index >= 15 is 0 Å². The zero-order valence-corrected chi connectivity index (χ0v) is 15.2. The van der Waals surface area contributed by atoms with Crippen molar-refractivity contribution in [3.8, 4) is 0 Å². The van der Waals surface area contributed by atoms with Crippen molar-refractivity contribution in [2.45, 2.75) is 12.6 Å². The van der Waals surface area contributed by atoms with E-state index in [4.69, 9.17) is 4.74 Å². The first-order chi connectivity index (χ1) is 12.8. The van der Waals surface area contributed by atoms with Gasteiger partial charge in [0.05, 0.1) is 24.8 Å². The van der Waals surface area contributed by atoms with Crippen LogP contribution in [0.15, 0.2) is 41.8 Å². The van der Waals surface area contributed by atoms with Crippen molar-refractivity contribution in [2.24, 2.45) is 0 Å². The fourth-order valence-corrected chi connectivity index (χ4v) is 4.08. The van der Waals surface area contributed by atoms with Crippen molar-refractivity contribution >= 4 is 28.3 Å². The van der Waals surface area contributed by atoms with Crippen molar-refractivity contribution < 1.29 is 9.53 Å². The number of carbonyl (C=O) groups excluding carboxylic acids is 1. The van der Waals surface area contributed by atoms with Crippen LogP contribution in [-0.2, 0) is 16.1 Å². The van der Waals surface area contributed by atoms with Gasteiger partial charge in [-0.1, -0.05) is 23.4 Å². The molecule has 1 aromatic carbocycles. The topological polar surface area (TPSA) is 72.3 Å². The average Bonchev–Trinajstić information content (AvgIpc) is 3.34. The number of rotatable bonds is 6. The summed E-state index contributed by atoms with van der Waals surface area (Å²) in [6, 6.07) is 12.0. The van der Waals surface area contributed by atoms with Crippen LogP contribution < -0.4 is 5.32 Å². The van der Waals surface area contributed by atoms with Crippen LogP contribution in [0.25, 0.3) is 11.0 Å². The third-order valence-electron chi connectivity index (χ3n) is 4.56. The van der Waals surface area contributed by atoms with Crippen LogP contribution in [0.5, 0.6) is 0 Å². The van der Waals surface area contributed by atoms with E-state index in [1.54, 1.807) is 16.0 Å². The van der Waals surface area contributed by atoms with Crippen LogP contribution >= 0.6 is 11.3 Å². The number of hydrogen-bond donors (Lipinski definition) is 1. The average molecular weight is 371 g/mol. The predicted molar refractivity (Wildman–Crippen MR) is 100.0 cm³/mol. The van der Waals surface area contributed by atoms with E-state index in [9.17, 15) is 4.79 Å². The standard InChI is InChI=1S/C18H21N5O2S/c24-18(13-23-15-5-2-1-4-14(15)20-21-23)19-12-16(17-6-3-11-26-17)22-7-9-25-10-8-22/h1-6,11,16H,7-10,12-13H2,(H,19,24)/t16-/m0/s1. The number of morpholine rings is 1. The first-order valence-electron chi connectivity index (χ1n) is 8.71. The minimum atomic E-state index is -0.0598. The van der Waals surface area contributed by atoms with Gasteiger partial charge in [-0.25, -0.2) is 4.68 Å². The van der Waals surface area contributed by atoms with Gasteiger partial charge in [0.2, 0.25) is 5.91 Å². The normalized spacial score (nSPS) is 16.6. The SMILES string of the molecule is O=C(Cn1nnc2ccccc21)NC[C@@H](c1cccs1)N1CCOCC1. The Morgan fingerprint density at radius 1 is 1.23 bits per heavy atom. The summed E-state index contributed by atoms with van der Waals surface area (Å²) < 4.78 is 7.10. The molecule has 136 valence electrons. The van der Waals surface area contributed by atoms with Gasteiger partial charge < -0.3 is 10.1 Å². The van der Waals surface area contributed by atoms with E-state index in [1.165, 1.54) is 4.88 Å². The third-order valence-corrected chi connectivity index (χ3v) is 5.54. The highest BCUT2D eigenvalue weighted by Crippen LogP contribution is 2.25. The number of thiophene rings is 1. The number of hydrogen-bond acceptors (Lipinski definition) is 6. The highest BCUT2D eigenvalue weighted by Gasteiger charge is 2.24. The lowest BCUT2D eigenvalue weighted by atomic mass is 10.2. The quantitative estimate of drug-likeness (QED) is 0.714. The predicted octanol–water partition coefficient (Wildman–Crippen LogP) is 1.68. The Balaban J connectivity index is 1.41. The van der Waals surface area contributed by atoms with Gasteiger partial charge in [0.25, 0.3) is 0 Å². The highest BCUT2D eigenvalue weighted by atomic mass is 32.1. The van der Waals surface area contributed by atoms with Crippen molar-refractivity contribution in [2.75, 3.05) is 32.8 Å². The number of ether oxygens (including phenoxy) is 1. The summed E-state index contributed by atoms with van der Waals surface area (Å²) in [6.45, 7) is 3.98. The summed E-state index contributed by atoms with van der Waals surface area (Å²) in [7, 11) is 0. The minimum Gasteiger partial charge on any atom is -0.379 e. The van der Waals surface area contributed by atoms with E-state index in [2.05, 4.69) is 38.0 Å². The molecule has 1 saturated heterocycles. The van der Waals surface area contributed by atoms with E-state index in [0.29, 0.717) is 6.54 Å². The van der Waals surface area contributed by atoms with Crippen molar-refractivity contribution in [3.63, 3.8) is 0 Å². The van der Waals surface area contributed by atoms with E-state index in [-0.39, 0.29) is 18.5 Å². The maximum Gasteiger partial charge on any atom is 0.241 e. The maximum atomic E-state index is 12.5. The van der Waals surface area contributed by atoms with Crippen LogP contribution in [-0.4, -0.2) is 58.6 Å². The van der Waals surface area contributed by atoms with Crippen LogP contribution in [0.3, 0.4) is 0 Å². The fraction of sp³-hybridized carbons (Fsp3) is 0.389. The molecule has 0 unspecified atom stereocenters. The molecule has 1 aliphatic rings. The second-order valence-corrected chi connectivity index (χ2v) is 7.20. The summed E-state index contributed by atoms with van der Waals surface area (Å²) in [5.41, 5.74) is 1.66. The zero-order valence-electron chi connectivity index (χ0n) is 14.4. The van der Waals surface area contributed by atoms with Crippen LogP contribution in [0.2, 0.25) is 0 Å². The molecule has 0 saturated carbocycles. The molecule has 0 radical (unpaired) electrons. The van der Waals surface area contributed by atoms with Crippen molar-refractivity contribution in [1.29, 1.82) is 0 Å². The molecule has 8 heteroatoms. The van der Waals surface area contributed by atoms with Crippen LogP contribution in [0.4, 0.5) is 0 Å². The molecule has 1 atom stereocenters. The number of nitrogens with zero attached hydrogens (tertiary/aromatic N) is 4. The highest BCUT2D eigenvalue weighted by molar-refractivity contribution is 7.10. The molecule has 0 aliphatic carbocycles. The molecule has 7 nitrogen and oxygen atoms in total. The van der Waals surface area contributed by atoms with Gasteiger partial charge >= 0.3 is 0 Å². The van der Waals surface area contributed by atoms with Gasteiger partial charge in [0.15, 0.2) is 0 Å². The summed E-state index contributed by atoms with van der Waals surface area (Å²) >= 11 is 1.72. The molecule has 4 rings (SSSR count). The van der Waals surface area contributed by atoms with Gasteiger partial charge in [-0.2, -0.15) is 0 Å². The first kappa shape index (κ1) is 17.1. The first-order valence-corrected chi connectivity index (χ1v) is 9.59. The van der Waals surface area contributed by atoms with Gasteiger partial charge in [-0.05, 0) is 23.6 Å². The number of carbonyl (C=O) groups is 1. The van der Waals surface area contributed by atoms with Gasteiger partial charge in [0, 0.05) is 24.5 Å². The third kappa shape index (κ3) is 3.77. The largest absolute Gasteiger partial charge is 0.379 e. The number of nitrogens with one attached hydrogen (secondary N) is 1. The fourth-order valence-electron chi connectivity index (χ4n) is 3.22. The molecule has 1 N–H and O–H groups in total. The lowest BCUT2D eigenvalue weighted by molar-refractivity contribution is -0.122. The van der Waals surface area contributed by atoms with E-state index < -0.39 is 0 Å². The lowest BCUT2D eigenvalue weighted by Gasteiger charge is -2.34. The molecule has 1 fully saturated rings. The smallest absolute Gasteiger partial charge is 0.241 e. The molecular formula is C18H21N5O2S. The Bertz CT molecular complexity index is 857. The monoisotopic (exact) mass is 371 g/mol. The molecule has 26 heavy (non-hydrogen) atoms. The summed E-state index contributed by atoms with van der Waals surface area (Å²) in [4.78, 5) is 16.1. The van der Waals surface area contributed by atoms with E-state index in [0.717, 1.165) is 37.3 Å². The Kier molecular flexibility index (Phi) is 5.24. The molecule has 1 aliphatic heterocycles. The summed E-state index contributed by atoms with van der Waals surface area (Å²) in [5.74, 6) is -0.0598. The van der Waals surface area contributed by atoms with Gasteiger partial charge in [-0.3, -0.25) is 9.69 Å². The van der Waals surface area contributed by atoms with Gasteiger partial charge in [0.1, 0.15) is 12.1 Å². The molecule has 2 aromatic heterocycles. The molecule has 0 bridgehead atoms. The van der Waals surface area contributed by atoms with Gasteiger partial charge in [-0.15, -0.1) is 16.4 Å². The second kappa shape index (κ2) is 7.94.